The third-order valence-electron chi connectivity index (χ3n) is 3.58. The minimum atomic E-state index is 0.0214. The lowest BCUT2D eigenvalue weighted by Crippen LogP contribution is -2.09. The Morgan fingerprint density at radius 2 is 1.44 bits per heavy atom. The number of allylic oxidation sites excluding steroid dienone is 1. The monoisotopic (exact) mass is 362 g/mol. The van der Waals surface area contributed by atoms with Crippen LogP contribution < -0.4 is 0 Å². The van der Waals surface area contributed by atoms with Gasteiger partial charge in [0.25, 0.3) is 0 Å². The molecule has 0 amide bonds. The Morgan fingerprint density at radius 1 is 0.889 bits per heavy atom. The molecule has 1 unspecified atom stereocenters. The maximum atomic E-state index is 4.20. The van der Waals surface area contributed by atoms with Crippen molar-refractivity contribution in [2.75, 3.05) is 0 Å². The predicted molar refractivity (Wildman–Crippen MR) is 82.8 cm³/mol. The molecule has 18 heavy (non-hydrogen) atoms. The van der Waals surface area contributed by atoms with Crippen LogP contribution in [0.4, 0.5) is 0 Å². The van der Waals surface area contributed by atoms with E-state index in [9.17, 15) is 0 Å². The molecular weight excluding hydrogens is 352 g/mol. The van der Waals surface area contributed by atoms with Crippen molar-refractivity contribution in [2.24, 2.45) is 0 Å². The zero-order chi connectivity index (χ0) is 12.8. The molecule has 1 fully saturated rings. The van der Waals surface area contributed by atoms with Gasteiger partial charge in [-0.1, -0.05) is 74.3 Å². The van der Waals surface area contributed by atoms with E-state index in [-0.39, 0.29) is 5.41 Å². The first kappa shape index (κ1) is 12.2. The molecule has 0 nitrogen and oxygen atoms in total. The Balaban J connectivity index is 2.16. The average Bonchev–Trinajstić information content (AvgIpc) is 3.02. The minimum absolute atomic E-state index is 0.0214. The van der Waals surface area contributed by atoms with E-state index in [1.807, 2.05) is 0 Å². The van der Waals surface area contributed by atoms with Crippen molar-refractivity contribution in [1.29, 1.82) is 0 Å². The van der Waals surface area contributed by atoms with Crippen LogP contribution in [0.2, 0.25) is 0 Å². The lowest BCUT2D eigenvalue weighted by Gasteiger charge is -2.17. The van der Waals surface area contributed by atoms with E-state index in [4.69, 9.17) is 0 Å². The van der Waals surface area contributed by atoms with Crippen LogP contribution in [0.15, 0.2) is 69.6 Å². The Bertz CT molecular complexity index is 596. The van der Waals surface area contributed by atoms with Crippen LogP contribution in [0.25, 0.3) is 0 Å². The van der Waals surface area contributed by atoms with Gasteiger partial charge < -0.3 is 0 Å². The van der Waals surface area contributed by atoms with E-state index in [0.717, 1.165) is 15.4 Å². The molecule has 0 bridgehead atoms. The second kappa shape index (κ2) is 4.36. The lowest BCUT2D eigenvalue weighted by molar-refractivity contribution is 0.879. The van der Waals surface area contributed by atoms with Gasteiger partial charge >= 0.3 is 0 Å². The third kappa shape index (κ3) is 1.88. The zero-order valence-electron chi connectivity index (χ0n) is 9.79. The van der Waals surface area contributed by atoms with Crippen molar-refractivity contribution in [3.8, 4) is 0 Å². The van der Waals surface area contributed by atoms with Gasteiger partial charge in [-0.15, -0.1) is 0 Å². The van der Waals surface area contributed by atoms with Crippen LogP contribution in [-0.2, 0) is 5.41 Å². The normalized spacial score (nSPS) is 22.0. The first-order valence-electron chi connectivity index (χ1n) is 5.83. The molecule has 0 N–H and O–H groups in total. The van der Waals surface area contributed by atoms with Crippen LogP contribution in [-0.4, -0.2) is 0 Å². The second-order valence-electron chi connectivity index (χ2n) is 4.71. The van der Waals surface area contributed by atoms with E-state index in [0.29, 0.717) is 0 Å². The topological polar surface area (TPSA) is 0 Å². The van der Waals surface area contributed by atoms with Crippen LogP contribution in [0.5, 0.6) is 0 Å². The van der Waals surface area contributed by atoms with Crippen molar-refractivity contribution < 1.29 is 0 Å². The fourth-order valence-electron chi connectivity index (χ4n) is 2.58. The molecule has 2 aromatic rings. The first-order chi connectivity index (χ1) is 8.63. The molecule has 0 aliphatic heterocycles. The van der Waals surface area contributed by atoms with E-state index in [1.54, 1.807) is 0 Å². The van der Waals surface area contributed by atoms with E-state index < -0.39 is 0 Å². The molecule has 0 saturated heterocycles. The van der Waals surface area contributed by atoms with E-state index in [2.05, 4.69) is 87.0 Å². The highest BCUT2D eigenvalue weighted by molar-refractivity contribution is 9.11. The van der Waals surface area contributed by atoms with Crippen LogP contribution in [0.3, 0.4) is 0 Å². The number of hydrogen-bond donors (Lipinski definition) is 0. The molecule has 2 heteroatoms. The molecule has 3 rings (SSSR count). The second-order valence-corrected chi connectivity index (χ2v) is 6.54. The Morgan fingerprint density at radius 3 is 1.94 bits per heavy atom. The van der Waals surface area contributed by atoms with Gasteiger partial charge in [0.15, 0.2) is 0 Å². The molecule has 1 atom stereocenters. The maximum Gasteiger partial charge on any atom is 0.0447 e. The molecule has 1 aliphatic rings. The van der Waals surface area contributed by atoms with Crippen molar-refractivity contribution >= 4 is 31.9 Å². The highest BCUT2D eigenvalue weighted by atomic mass is 79.9. The summed E-state index contributed by atoms with van der Waals surface area (Å²) in [6, 6.07) is 17.1. The van der Waals surface area contributed by atoms with E-state index in [1.165, 1.54) is 16.7 Å². The van der Waals surface area contributed by atoms with Crippen LogP contribution in [0, 0.1) is 0 Å². The standard InChI is InChI=1S/C16H12Br2/c1-11-10-16(11,12-5-3-2-4-6-12)13-7-14(17)9-15(18)8-13/h2-9H,1,10H2. The Hall–Kier alpha value is -0.860. The van der Waals surface area contributed by atoms with Crippen molar-refractivity contribution in [2.45, 2.75) is 11.8 Å². The van der Waals surface area contributed by atoms with Gasteiger partial charge in [-0.25, -0.2) is 0 Å². The van der Waals surface area contributed by atoms with Gasteiger partial charge in [0, 0.05) is 14.4 Å². The van der Waals surface area contributed by atoms with Crippen LogP contribution in [0.1, 0.15) is 17.5 Å². The first-order valence-corrected chi connectivity index (χ1v) is 7.42. The fourth-order valence-corrected chi connectivity index (χ4v) is 3.87. The SMILES string of the molecule is C=C1CC1(c1ccccc1)c1cc(Br)cc(Br)c1. The lowest BCUT2D eigenvalue weighted by atomic mass is 9.87. The smallest absolute Gasteiger partial charge is 0.0447 e. The predicted octanol–water partition coefficient (Wildman–Crippen LogP) is 5.46. The number of halogens is 2. The largest absolute Gasteiger partial charge is 0.0986 e. The van der Waals surface area contributed by atoms with Gasteiger partial charge in [0.05, 0.1) is 0 Å². The van der Waals surface area contributed by atoms with Crippen molar-refractivity contribution in [3.63, 3.8) is 0 Å². The van der Waals surface area contributed by atoms with Gasteiger partial charge in [0.2, 0.25) is 0 Å². The van der Waals surface area contributed by atoms with Gasteiger partial charge in [-0.05, 0) is 35.7 Å². The minimum Gasteiger partial charge on any atom is -0.0986 e. The number of benzene rings is 2. The highest BCUT2D eigenvalue weighted by Gasteiger charge is 2.50. The van der Waals surface area contributed by atoms with Crippen molar-refractivity contribution in [1.82, 2.24) is 0 Å². The summed E-state index contributed by atoms with van der Waals surface area (Å²) in [6.45, 7) is 4.20. The number of hydrogen-bond acceptors (Lipinski definition) is 0. The maximum absolute atomic E-state index is 4.20. The average molecular weight is 364 g/mol. The van der Waals surface area contributed by atoms with Crippen LogP contribution >= 0.6 is 31.9 Å². The molecule has 0 radical (unpaired) electrons. The summed E-state index contributed by atoms with van der Waals surface area (Å²) in [5.74, 6) is 0. The molecule has 0 spiro atoms. The zero-order valence-corrected chi connectivity index (χ0v) is 13.0. The Kier molecular flexibility index (Phi) is 2.95. The fraction of sp³-hybridized carbons (Fsp3) is 0.125. The quantitative estimate of drug-likeness (QED) is 0.621. The third-order valence-corrected chi connectivity index (χ3v) is 4.49. The summed E-state index contributed by atoms with van der Waals surface area (Å²) in [6.07, 6.45) is 1.04. The Labute approximate surface area is 124 Å². The summed E-state index contributed by atoms with van der Waals surface area (Å²) < 4.78 is 2.20. The molecular formula is C16H12Br2. The van der Waals surface area contributed by atoms with Gasteiger partial charge in [-0.3, -0.25) is 0 Å². The van der Waals surface area contributed by atoms with E-state index >= 15 is 0 Å². The number of rotatable bonds is 2. The van der Waals surface area contributed by atoms with Gasteiger partial charge in [0.1, 0.15) is 0 Å². The molecule has 2 aromatic carbocycles. The summed E-state index contributed by atoms with van der Waals surface area (Å²) in [7, 11) is 0. The molecule has 1 aliphatic carbocycles. The summed E-state index contributed by atoms with van der Waals surface area (Å²) in [5.41, 5.74) is 3.95. The molecule has 1 saturated carbocycles. The molecule has 90 valence electrons. The van der Waals surface area contributed by atoms with Crippen molar-refractivity contribution in [3.05, 3.63) is 80.8 Å². The highest BCUT2D eigenvalue weighted by Crippen LogP contribution is 2.58. The summed E-state index contributed by atoms with van der Waals surface area (Å²) in [5, 5.41) is 0. The summed E-state index contributed by atoms with van der Waals surface area (Å²) >= 11 is 7.13. The van der Waals surface area contributed by atoms with Gasteiger partial charge in [-0.2, -0.15) is 0 Å². The molecule has 0 heterocycles. The summed E-state index contributed by atoms with van der Waals surface area (Å²) in [4.78, 5) is 0. The molecule has 0 aromatic heterocycles.